The maximum absolute atomic E-state index is 8.31. The van der Waals surface area contributed by atoms with Crippen LogP contribution in [0.1, 0.15) is 36.8 Å². The van der Waals surface area contributed by atoms with Crippen molar-refractivity contribution < 1.29 is 0 Å². The van der Waals surface area contributed by atoms with E-state index in [1.165, 1.54) is 31.2 Å². The van der Waals surface area contributed by atoms with Crippen molar-refractivity contribution in [2.24, 2.45) is 17.8 Å². The average molecular weight is 240 g/mol. The van der Waals surface area contributed by atoms with Gasteiger partial charge < -0.3 is 4.90 Å². The monoisotopic (exact) mass is 240 g/mol. The molecule has 3 unspecified atom stereocenters. The molecule has 1 aromatic carbocycles. The number of hydrogen-bond donors (Lipinski definition) is 1. The van der Waals surface area contributed by atoms with Crippen molar-refractivity contribution in [3.8, 4) is 0 Å². The number of hydrogen-bond acceptors (Lipinski definition) is 1. The number of nitrogens with one attached hydrogen (secondary N) is 1. The molecule has 2 heteroatoms. The topological polar surface area (TPSA) is 27.1 Å². The van der Waals surface area contributed by atoms with Gasteiger partial charge in [0.25, 0.3) is 0 Å². The van der Waals surface area contributed by atoms with Crippen LogP contribution in [0.5, 0.6) is 0 Å². The van der Waals surface area contributed by atoms with Crippen molar-refractivity contribution in [3.63, 3.8) is 0 Å². The van der Waals surface area contributed by atoms with E-state index in [9.17, 15) is 0 Å². The Morgan fingerprint density at radius 3 is 2.78 bits per heavy atom. The first-order valence-corrected chi connectivity index (χ1v) is 7.23. The summed E-state index contributed by atoms with van der Waals surface area (Å²) in [4.78, 5) is 2.30. The number of amidine groups is 1. The first kappa shape index (κ1) is 10.6. The second-order valence-electron chi connectivity index (χ2n) is 6.32. The van der Waals surface area contributed by atoms with Crippen LogP contribution in [0.2, 0.25) is 0 Å². The molecular weight excluding hydrogens is 220 g/mol. The number of fused-ring (bicyclic) bond motifs is 3. The molecule has 2 fully saturated rings. The molecule has 1 aromatic rings. The summed E-state index contributed by atoms with van der Waals surface area (Å²) in [5, 5.41) is 8.31. The quantitative estimate of drug-likeness (QED) is 0.844. The smallest absolute Gasteiger partial charge is 0.128 e. The summed E-state index contributed by atoms with van der Waals surface area (Å²) in [6.07, 6.45) is 5.81. The molecule has 2 nitrogen and oxygen atoms in total. The molecule has 4 rings (SSSR count). The van der Waals surface area contributed by atoms with Crippen LogP contribution in [0.4, 0.5) is 0 Å². The highest BCUT2D eigenvalue weighted by atomic mass is 15.2. The molecule has 0 aromatic heterocycles. The zero-order valence-electron chi connectivity index (χ0n) is 10.7. The maximum Gasteiger partial charge on any atom is 0.128 e. The molecule has 1 aliphatic heterocycles. The van der Waals surface area contributed by atoms with E-state index in [0.717, 1.165) is 42.2 Å². The zero-order chi connectivity index (χ0) is 12.1. The largest absolute Gasteiger partial charge is 0.352 e. The molecule has 94 valence electrons. The van der Waals surface area contributed by atoms with Crippen molar-refractivity contribution in [3.05, 3.63) is 35.4 Å². The fourth-order valence-electron chi connectivity index (χ4n) is 4.38. The van der Waals surface area contributed by atoms with Crippen LogP contribution >= 0.6 is 0 Å². The Balaban J connectivity index is 1.50. The van der Waals surface area contributed by atoms with Crippen LogP contribution in [-0.4, -0.2) is 17.3 Å². The first-order chi connectivity index (χ1) is 8.81. The summed E-state index contributed by atoms with van der Waals surface area (Å²) < 4.78 is 0. The van der Waals surface area contributed by atoms with Crippen molar-refractivity contribution in [1.82, 2.24) is 4.90 Å². The molecule has 2 saturated carbocycles. The Kier molecular flexibility index (Phi) is 2.26. The number of nitrogens with zero attached hydrogens (tertiary/aromatic N) is 1. The van der Waals surface area contributed by atoms with Gasteiger partial charge in [0.1, 0.15) is 5.84 Å². The lowest BCUT2D eigenvalue weighted by Gasteiger charge is -2.28. The predicted octanol–water partition coefficient (Wildman–Crippen LogP) is 3.26. The molecule has 3 atom stereocenters. The molecule has 1 heterocycles. The average Bonchev–Trinajstić information content (AvgIpc) is 3.06. The van der Waals surface area contributed by atoms with Crippen LogP contribution in [0.25, 0.3) is 0 Å². The second kappa shape index (κ2) is 3.84. The SMILES string of the molecule is N=C1c2ccccc2CN1CC1CC2CCC1C2. The van der Waals surface area contributed by atoms with Gasteiger partial charge in [-0.3, -0.25) is 5.41 Å². The van der Waals surface area contributed by atoms with Gasteiger partial charge in [-0.05, 0) is 42.6 Å². The molecule has 3 aliphatic rings. The minimum atomic E-state index is 0.758. The van der Waals surface area contributed by atoms with Gasteiger partial charge >= 0.3 is 0 Å². The van der Waals surface area contributed by atoms with Crippen LogP contribution in [0.3, 0.4) is 0 Å². The highest BCUT2D eigenvalue weighted by molar-refractivity contribution is 6.00. The van der Waals surface area contributed by atoms with Crippen molar-refractivity contribution in [2.45, 2.75) is 32.2 Å². The maximum atomic E-state index is 8.31. The molecule has 2 aliphatic carbocycles. The van der Waals surface area contributed by atoms with Crippen molar-refractivity contribution >= 4 is 5.84 Å². The van der Waals surface area contributed by atoms with Crippen molar-refractivity contribution in [1.29, 1.82) is 5.41 Å². The molecule has 0 amide bonds. The third-order valence-electron chi connectivity index (χ3n) is 5.29. The molecule has 0 spiro atoms. The van der Waals surface area contributed by atoms with E-state index in [4.69, 9.17) is 5.41 Å². The minimum Gasteiger partial charge on any atom is -0.352 e. The van der Waals surface area contributed by atoms with Crippen LogP contribution < -0.4 is 0 Å². The predicted molar refractivity (Wildman–Crippen MR) is 72.6 cm³/mol. The van der Waals surface area contributed by atoms with Crippen LogP contribution in [0, 0.1) is 23.2 Å². The third kappa shape index (κ3) is 1.51. The summed E-state index contributed by atoms with van der Waals surface area (Å²) in [7, 11) is 0. The van der Waals surface area contributed by atoms with E-state index in [0.29, 0.717) is 0 Å². The molecular formula is C16H20N2. The van der Waals surface area contributed by atoms with E-state index in [1.807, 2.05) is 0 Å². The summed E-state index contributed by atoms with van der Waals surface area (Å²) in [6.45, 7) is 2.08. The normalized spacial score (nSPS) is 33.2. The van der Waals surface area contributed by atoms with Gasteiger partial charge in [-0.25, -0.2) is 0 Å². The Morgan fingerprint density at radius 2 is 2.06 bits per heavy atom. The highest BCUT2D eigenvalue weighted by Crippen LogP contribution is 2.48. The van der Waals surface area contributed by atoms with Gasteiger partial charge in [-0.2, -0.15) is 0 Å². The molecule has 0 saturated heterocycles. The Bertz CT molecular complexity index is 494. The second-order valence-corrected chi connectivity index (χ2v) is 6.32. The van der Waals surface area contributed by atoms with E-state index < -0.39 is 0 Å². The van der Waals surface area contributed by atoms with Gasteiger partial charge in [-0.15, -0.1) is 0 Å². The van der Waals surface area contributed by atoms with Crippen LogP contribution in [-0.2, 0) is 6.54 Å². The lowest BCUT2D eigenvalue weighted by Crippen LogP contribution is -2.32. The first-order valence-electron chi connectivity index (χ1n) is 7.23. The van der Waals surface area contributed by atoms with E-state index in [2.05, 4.69) is 29.2 Å². The Hall–Kier alpha value is -1.31. The van der Waals surface area contributed by atoms with Gasteiger partial charge in [0, 0.05) is 18.7 Å². The van der Waals surface area contributed by atoms with Gasteiger partial charge in [-0.1, -0.05) is 30.7 Å². The minimum absolute atomic E-state index is 0.758. The lowest BCUT2D eigenvalue weighted by molar-refractivity contribution is 0.256. The third-order valence-corrected chi connectivity index (χ3v) is 5.29. The molecule has 18 heavy (non-hydrogen) atoms. The van der Waals surface area contributed by atoms with Crippen LogP contribution in [0.15, 0.2) is 24.3 Å². The molecule has 2 bridgehead atoms. The van der Waals surface area contributed by atoms with Gasteiger partial charge in [0.2, 0.25) is 0 Å². The van der Waals surface area contributed by atoms with Gasteiger partial charge in [0.05, 0.1) is 0 Å². The summed E-state index contributed by atoms with van der Waals surface area (Å²) >= 11 is 0. The van der Waals surface area contributed by atoms with Crippen molar-refractivity contribution in [2.75, 3.05) is 6.54 Å². The Morgan fingerprint density at radius 1 is 1.17 bits per heavy atom. The molecule has 0 radical (unpaired) electrons. The standard InChI is InChI=1S/C16H20N2/c17-16-15-4-2-1-3-13(15)9-18(16)10-14-8-11-5-6-12(14)7-11/h1-4,11-12,14,17H,5-10H2. The number of rotatable bonds is 2. The zero-order valence-corrected chi connectivity index (χ0v) is 10.7. The number of benzene rings is 1. The fourth-order valence-corrected chi connectivity index (χ4v) is 4.38. The van der Waals surface area contributed by atoms with E-state index in [-0.39, 0.29) is 0 Å². The fraction of sp³-hybridized carbons (Fsp3) is 0.562. The summed E-state index contributed by atoms with van der Waals surface area (Å²) in [6, 6.07) is 8.41. The van der Waals surface area contributed by atoms with E-state index in [1.54, 1.807) is 0 Å². The summed E-state index contributed by atoms with van der Waals surface area (Å²) in [5.74, 6) is 3.59. The Labute approximate surface area is 109 Å². The van der Waals surface area contributed by atoms with E-state index >= 15 is 0 Å². The highest BCUT2D eigenvalue weighted by Gasteiger charge is 2.40. The molecule has 1 N–H and O–H groups in total. The lowest BCUT2D eigenvalue weighted by atomic mass is 9.88. The van der Waals surface area contributed by atoms with Gasteiger partial charge in [0.15, 0.2) is 0 Å². The summed E-state index contributed by atoms with van der Waals surface area (Å²) in [5.41, 5.74) is 2.49.